The molecule has 2 aromatic carbocycles. The van der Waals surface area contributed by atoms with E-state index in [-0.39, 0.29) is 0 Å². The Balaban J connectivity index is 1.75. The molecule has 0 aliphatic carbocycles. The fourth-order valence-corrected chi connectivity index (χ4v) is 3.31. The molecule has 5 rings (SSSR count). The Bertz CT molecular complexity index is 1270. The van der Waals surface area contributed by atoms with Crippen molar-refractivity contribution in [1.82, 2.24) is 29.4 Å². The van der Waals surface area contributed by atoms with Crippen molar-refractivity contribution in [3.63, 3.8) is 0 Å². The molecule has 5 aromatic rings. The minimum atomic E-state index is 0.537. The Kier molecular flexibility index (Phi) is 3.41. The first-order valence-corrected chi connectivity index (χ1v) is 8.57. The lowest BCUT2D eigenvalue weighted by atomic mass is 10.2. The molecule has 0 bridgehead atoms. The SMILES string of the molecule is Clc1ccccc1-c1nc2c3cnn(-c4ccccc4Cl)c3ncn2n1. The molecule has 26 heavy (non-hydrogen) atoms. The van der Waals surface area contributed by atoms with Gasteiger partial charge in [0, 0.05) is 5.56 Å². The van der Waals surface area contributed by atoms with Crippen molar-refractivity contribution in [3.8, 4) is 17.1 Å². The molecule has 8 heteroatoms. The zero-order valence-corrected chi connectivity index (χ0v) is 14.7. The summed E-state index contributed by atoms with van der Waals surface area (Å²) in [5.41, 5.74) is 2.84. The van der Waals surface area contributed by atoms with Crippen LogP contribution in [-0.4, -0.2) is 29.4 Å². The van der Waals surface area contributed by atoms with Gasteiger partial charge in [0.2, 0.25) is 0 Å². The Morgan fingerprint density at radius 3 is 2.42 bits per heavy atom. The Labute approximate surface area is 157 Å². The van der Waals surface area contributed by atoms with Crippen LogP contribution in [0.1, 0.15) is 0 Å². The molecule has 0 aliphatic heterocycles. The molecule has 6 nitrogen and oxygen atoms in total. The van der Waals surface area contributed by atoms with Gasteiger partial charge >= 0.3 is 0 Å². The molecule has 0 atom stereocenters. The fraction of sp³-hybridized carbons (Fsp3) is 0. The number of benzene rings is 2. The van der Waals surface area contributed by atoms with Gasteiger partial charge in [-0.3, -0.25) is 0 Å². The minimum absolute atomic E-state index is 0.537. The Morgan fingerprint density at radius 2 is 1.62 bits per heavy atom. The first kappa shape index (κ1) is 15.3. The van der Waals surface area contributed by atoms with Gasteiger partial charge in [0.25, 0.3) is 0 Å². The van der Waals surface area contributed by atoms with Crippen molar-refractivity contribution in [1.29, 1.82) is 0 Å². The summed E-state index contributed by atoms with van der Waals surface area (Å²) in [5.74, 6) is 0.537. The average molecular weight is 381 g/mol. The van der Waals surface area contributed by atoms with Gasteiger partial charge in [0.15, 0.2) is 17.1 Å². The molecule has 126 valence electrons. The summed E-state index contributed by atoms with van der Waals surface area (Å²) >= 11 is 12.6. The number of nitrogens with zero attached hydrogens (tertiary/aromatic N) is 6. The topological polar surface area (TPSA) is 60.9 Å². The van der Waals surface area contributed by atoms with Crippen LogP contribution < -0.4 is 0 Å². The molecule has 0 N–H and O–H groups in total. The second-order valence-corrected chi connectivity index (χ2v) is 6.49. The highest BCUT2D eigenvalue weighted by Crippen LogP contribution is 2.28. The van der Waals surface area contributed by atoms with E-state index in [1.165, 1.54) is 0 Å². The van der Waals surface area contributed by atoms with Crippen LogP contribution in [0.3, 0.4) is 0 Å². The highest BCUT2D eigenvalue weighted by Gasteiger charge is 2.16. The number of fused-ring (bicyclic) bond motifs is 3. The van der Waals surface area contributed by atoms with E-state index in [1.54, 1.807) is 21.7 Å². The summed E-state index contributed by atoms with van der Waals surface area (Å²) in [6, 6.07) is 14.9. The second kappa shape index (κ2) is 5.79. The van der Waals surface area contributed by atoms with Crippen molar-refractivity contribution in [2.24, 2.45) is 0 Å². The molecule has 0 aliphatic rings. The average Bonchev–Trinajstić information content (AvgIpc) is 3.26. The van der Waals surface area contributed by atoms with Gasteiger partial charge in [-0.15, -0.1) is 5.10 Å². The second-order valence-electron chi connectivity index (χ2n) is 5.67. The molecule has 0 amide bonds. The van der Waals surface area contributed by atoms with Gasteiger partial charge in [-0.05, 0) is 24.3 Å². The van der Waals surface area contributed by atoms with Crippen LogP contribution in [0.15, 0.2) is 61.1 Å². The normalized spacial score (nSPS) is 11.5. The third-order valence-electron chi connectivity index (χ3n) is 4.10. The highest BCUT2D eigenvalue weighted by molar-refractivity contribution is 6.33. The van der Waals surface area contributed by atoms with E-state index in [4.69, 9.17) is 23.2 Å². The quantitative estimate of drug-likeness (QED) is 0.454. The van der Waals surface area contributed by atoms with E-state index >= 15 is 0 Å². The van der Waals surface area contributed by atoms with Crippen molar-refractivity contribution in [2.45, 2.75) is 0 Å². The van der Waals surface area contributed by atoms with Gasteiger partial charge in [-0.25, -0.2) is 19.2 Å². The maximum atomic E-state index is 6.30. The summed E-state index contributed by atoms with van der Waals surface area (Å²) in [5, 5.41) is 10.9. The van der Waals surface area contributed by atoms with Crippen LogP contribution in [0, 0.1) is 0 Å². The monoisotopic (exact) mass is 380 g/mol. The van der Waals surface area contributed by atoms with E-state index in [2.05, 4.69) is 20.2 Å². The van der Waals surface area contributed by atoms with Crippen molar-refractivity contribution < 1.29 is 0 Å². The van der Waals surface area contributed by atoms with Crippen LogP contribution in [-0.2, 0) is 0 Å². The van der Waals surface area contributed by atoms with E-state index in [0.29, 0.717) is 27.2 Å². The summed E-state index contributed by atoms with van der Waals surface area (Å²) < 4.78 is 3.32. The standard InChI is InChI=1S/C18H10Cl2N6/c19-13-6-2-1-5-11(13)16-23-18-12-9-22-26(15-8-4-3-7-14(15)20)17(12)21-10-25(18)24-16/h1-10H. The molecule has 0 saturated heterocycles. The van der Waals surface area contributed by atoms with Gasteiger partial charge in [-0.1, -0.05) is 47.5 Å². The van der Waals surface area contributed by atoms with E-state index < -0.39 is 0 Å². The van der Waals surface area contributed by atoms with Crippen LogP contribution in [0.2, 0.25) is 10.0 Å². The maximum Gasteiger partial charge on any atom is 0.183 e. The molecule has 0 radical (unpaired) electrons. The van der Waals surface area contributed by atoms with Crippen molar-refractivity contribution in [2.75, 3.05) is 0 Å². The summed E-state index contributed by atoms with van der Waals surface area (Å²) in [4.78, 5) is 9.13. The smallest absolute Gasteiger partial charge is 0.183 e. The van der Waals surface area contributed by atoms with Crippen LogP contribution >= 0.6 is 23.2 Å². The lowest BCUT2D eigenvalue weighted by Gasteiger charge is -2.04. The third kappa shape index (κ3) is 2.27. The fourth-order valence-electron chi connectivity index (χ4n) is 2.88. The van der Waals surface area contributed by atoms with E-state index in [0.717, 1.165) is 16.6 Å². The molecular weight excluding hydrogens is 371 g/mol. The summed E-state index contributed by atoms with van der Waals surface area (Å²) in [7, 11) is 0. The first-order valence-electron chi connectivity index (χ1n) is 7.81. The van der Waals surface area contributed by atoms with Gasteiger partial charge in [-0.2, -0.15) is 5.10 Å². The number of hydrogen-bond donors (Lipinski definition) is 0. The number of aromatic nitrogens is 6. The zero-order valence-electron chi connectivity index (χ0n) is 13.2. The third-order valence-corrected chi connectivity index (χ3v) is 4.75. The van der Waals surface area contributed by atoms with E-state index in [1.807, 2.05) is 48.5 Å². The first-order chi connectivity index (χ1) is 12.7. The van der Waals surface area contributed by atoms with E-state index in [9.17, 15) is 0 Å². The summed E-state index contributed by atoms with van der Waals surface area (Å²) in [6.07, 6.45) is 3.33. The largest absolute Gasteiger partial charge is 0.216 e. The molecule has 3 aromatic heterocycles. The number of halogens is 2. The molecule has 0 fully saturated rings. The Morgan fingerprint density at radius 1 is 0.846 bits per heavy atom. The molecule has 0 unspecified atom stereocenters. The summed E-state index contributed by atoms with van der Waals surface area (Å²) in [6.45, 7) is 0. The molecule has 0 saturated carbocycles. The van der Waals surface area contributed by atoms with Crippen LogP contribution in [0.4, 0.5) is 0 Å². The van der Waals surface area contributed by atoms with Gasteiger partial charge < -0.3 is 0 Å². The lowest BCUT2D eigenvalue weighted by Crippen LogP contribution is -1.99. The molecule has 0 spiro atoms. The van der Waals surface area contributed by atoms with Crippen LogP contribution in [0.5, 0.6) is 0 Å². The lowest BCUT2D eigenvalue weighted by molar-refractivity contribution is 0.883. The minimum Gasteiger partial charge on any atom is -0.216 e. The maximum absolute atomic E-state index is 6.30. The van der Waals surface area contributed by atoms with Crippen molar-refractivity contribution in [3.05, 3.63) is 71.1 Å². The zero-order chi connectivity index (χ0) is 17.7. The Hall–Kier alpha value is -2.96. The van der Waals surface area contributed by atoms with Gasteiger partial charge in [0.05, 0.1) is 27.3 Å². The molecule has 3 heterocycles. The number of hydrogen-bond acceptors (Lipinski definition) is 4. The van der Waals surface area contributed by atoms with Gasteiger partial charge in [0.1, 0.15) is 6.33 Å². The highest BCUT2D eigenvalue weighted by atomic mass is 35.5. The van der Waals surface area contributed by atoms with Crippen molar-refractivity contribution >= 4 is 39.9 Å². The van der Waals surface area contributed by atoms with Crippen LogP contribution in [0.25, 0.3) is 33.8 Å². The number of para-hydroxylation sites is 1. The molecular formula is C18H10Cl2N6. The number of rotatable bonds is 2. The predicted molar refractivity (Wildman–Crippen MR) is 101 cm³/mol. The predicted octanol–water partition coefficient (Wildman–Crippen LogP) is 4.44.